The fourth-order valence-electron chi connectivity index (χ4n) is 2.13. The molecule has 0 spiro atoms. The van der Waals surface area contributed by atoms with Crippen molar-refractivity contribution in [3.05, 3.63) is 0 Å². The Kier molecular flexibility index (Phi) is 5.22. The number of hydrogen-bond donors (Lipinski definition) is 2. The van der Waals surface area contributed by atoms with E-state index < -0.39 is 0 Å². The molecule has 2 N–H and O–H groups in total. The first-order valence-corrected chi connectivity index (χ1v) is 6.22. The van der Waals surface area contributed by atoms with E-state index in [2.05, 4.69) is 29.5 Å². The van der Waals surface area contributed by atoms with Gasteiger partial charge in [-0.2, -0.15) is 0 Å². The Morgan fingerprint density at radius 3 is 2.69 bits per heavy atom. The number of amides is 1. The quantitative estimate of drug-likeness (QED) is 0.722. The molecule has 1 aliphatic heterocycles. The van der Waals surface area contributed by atoms with Gasteiger partial charge in [-0.05, 0) is 34.2 Å². The van der Waals surface area contributed by atoms with Crippen molar-refractivity contribution < 1.29 is 4.79 Å². The number of nitrogens with one attached hydrogen (secondary N) is 2. The molecular formula is C12H25N3O. The van der Waals surface area contributed by atoms with Crippen molar-refractivity contribution in [1.29, 1.82) is 0 Å². The number of likely N-dealkylation sites (N-methyl/N-ethyl adjacent to an activating group) is 1. The maximum atomic E-state index is 11.4. The molecule has 94 valence electrons. The number of nitrogens with zero attached hydrogens (tertiary/aromatic N) is 1. The molecule has 0 aliphatic carbocycles. The molecule has 4 heteroatoms. The van der Waals surface area contributed by atoms with Crippen molar-refractivity contribution in [3.8, 4) is 0 Å². The van der Waals surface area contributed by atoms with Gasteiger partial charge in [0.15, 0.2) is 0 Å². The van der Waals surface area contributed by atoms with Crippen LogP contribution in [0.4, 0.5) is 0 Å². The molecule has 0 bridgehead atoms. The van der Waals surface area contributed by atoms with Gasteiger partial charge in [0, 0.05) is 37.6 Å². The van der Waals surface area contributed by atoms with Crippen molar-refractivity contribution >= 4 is 5.91 Å². The van der Waals surface area contributed by atoms with Gasteiger partial charge < -0.3 is 15.5 Å². The lowest BCUT2D eigenvalue weighted by atomic mass is 10.2. The van der Waals surface area contributed by atoms with E-state index in [-0.39, 0.29) is 11.9 Å². The minimum Gasteiger partial charge on any atom is -0.354 e. The Morgan fingerprint density at radius 2 is 2.19 bits per heavy atom. The first-order chi connectivity index (χ1) is 7.49. The van der Waals surface area contributed by atoms with Gasteiger partial charge in [-0.1, -0.05) is 0 Å². The Bertz CT molecular complexity index is 220. The summed E-state index contributed by atoms with van der Waals surface area (Å²) >= 11 is 0. The van der Waals surface area contributed by atoms with Gasteiger partial charge >= 0.3 is 0 Å². The molecule has 4 nitrogen and oxygen atoms in total. The second-order valence-electron chi connectivity index (χ2n) is 5.15. The predicted octanol–water partition coefficient (Wildman–Crippen LogP) is 0.583. The number of carbonyl (C=O) groups is 1. The first-order valence-electron chi connectivity index (χ1n) is 6.22. The van der Waals surface area contributed by atoms with Gasteiger partial charge in [0.2, 0.25) is 5.91 Å². The molecule has 1 amide bonds. The average Bonchev–Trinajstić information content (AvgIpc) is 2.44. The highest BCUT2D eigenvalue weighted by Gasteiger charge is 2.25. The van der Waals surface area contributed by atoms with Gasteiger partial charge in [-0.3, -0.25) is 4.79 Å². The zero-order valence-electron chi connectivity index (χ0n) is 10.9. The third-order valence-electron chi connectivity index (χ3n) is 3.12. The molecule has 2 unspecified atom stereocenters. The van der Waals surface area contributed by atoms with Crippen LogP contribution in [0.2, 0.25) is 0 Å². The molecule has 2 atom stereocenters. The smallest absolute Gasteiger partial charge is 0.221 e. The highest BCUT2D eigenvalue weighted by molar-refractivity contribution is 5.76. The summed E-state index contributed by atoms with van der Waals surface area (Å²) in [5, 5.41) is 6.34. The van der Waals surface area contributed by atoms with Gasteiger partial charge in [-0.25, -0.2) is 0 Å². The van der Waals surface area contributed by atoms with Crippen LogP contribution in [0.25, 0.3) is 0 Å². The molecular weight excluding hydrogens is 202 g/mol. The molecule has 1 aliphatic rings. The summed E-state index contributed by atoms with van der Waals surface area (Å²) in [5.41, 5.74) is 0. The second-order valence-corrected chi connectivity index (χ2v) is 5.15. The van der Waals surface area contributed by atoms with Crippen LogP contribution >= 0.6 is 0 Å². The molecule has 0 aromatic carbocycles. The Labute approximate surface area is 98.8 Å². The Morgan fingerprint density at radius 1 is 1.50 bits per heavy atom. The van der Waals surface area contributed by atoms with E-state index in [9.17, 15) is 4.79 Å². The first kappa shape index (κ1) is 13.5. The molecule has 1 saturated heterocycles. The average molecular weight is 227 g/mol. The normalized spacial score (nSPS) is 26.3. The minimum absolute atomic E-state index is 0.141. The van der Waals surface area contributed by atoms with E-state index in [0.717, 1.165) is 13.1 Å². The fraction of sp³-hybridized carbons (Fsp3) is 0.917. The summed E-state index contributed by atoms with van der Waals surface area (Å²) in [6.07, 6.45) is 1.76. The van der Waals surface area contributed by atoms with Gasteiger partial charge in [0.1, 0.15) is 0 Å². The van der Waals surface area contributed by atoms with Crippen molar-refractivity contribution in [2.45, 2.75) is 51.7 Å². The lowest BCUT2D eigenvalue weighted by molar-refractivity contribution is -0.121. The van der Waals surface area contributed by atoms with Crippen LogP contribution in [-0.2, 0) is 4.79 Å². The van der Waals surface area contributed by atoms with E-state index in [4.69, 9.17) is 0 Å². The highest BCUT2D eigenvalue weighted by Crippen LogP contribution is 2.14. The van der Waals surface area contributed by atoms with Crippen molar-refractivity contribution in [2.75, 3.05) is 20.1 Å². The summed E-state index contributed by atoms with van der Waals surface area (Å²) in [4.78, 5) is 13.7. The second kappa shape index (κ2) is 6.21. The molecule has 1 heterocycles. The number of rotatable bonds is 5. The van der Waals surface area contributed by atoms with Crippen LogP contribution in [0.5, 0.6) is 0 Å². The van der Waals surface area contributed by atoms with Crippen LogP contribution in [0.15, 0.2) is 0 Å². The maximum Gasteiger partial charge on any atom is 0.221 e. The van der Waals surface area contributed by atoms with E-state index in [1.165, 1.54) is 6.42 Å². The summed E-state index contributed by atoms with van der Waals surface area (Å²) in [5.74, 6) is 0.141. The summed E-state index contributed by atoms with van der Waals surface area (Å²) in [6, 6.07) is 1.44. The van der Waals surface area contributed by atoms with Crippen LogP contribution in [0.1, 0.15) is 33.6 Å². The van der Waals surface area contributed by atoms with E-state index in [1.54, 1.807) is 0 Å². The molecule has 0 radical (unpaired) electrons. The van der Waals surface area contributed by atoms with Crippen LogP contribution in [0.3, 0.4) is 0 Å². The summed E-state index contributed by atoms with van der Waals surface area (Å²) in [7, 11) is 2.15. The molecule has 0 aromatic heterocycles. The van der Waals surface area contributed by atoms with Gasteiger partial charge in [-0.15, -0.1) is 0 Å². The molecule has 1 rings (SSSR count). The molecule has 16 heavy (non-hydrogen) atoms. The summed E-state index contributed by atoms with van der Waals surface area (Å²) < 4.78 is 0. The maximum absolute atomic E-state index is 11.4. The Hall–Kier alpha value is -0.610. The minimum atomic E-state index is 0.141. The zero-order valence-corrected chi connectivity index (χ0v) is 10.9. The van der Waals surface area contributed by atoms with Crippen molar-refractivity contribution in [1.82, 2.24) is 15.5 Å². The lowest BCUT2D eigenvalue weighted by Crippen LogP contribution is -2.36. The van der Waals surface area contributed by atoms with Crippen molar-refractivity contribution in [3.63, 3.8) is 0 Å². The van der Waals surface area contributed by atoms with Gasteiger partial charge in [0.25, 0.3) is 0 Å². The predicted molar refractivity (Wildman–Crippen MR) is 66.4 cm³/mol. The molecule has 1 fully saturated rings. The standard InChI is InChI=1S/C12H25N3O/c1-9(2)14-12(16)5-6-13-11-7-10(3)15(4)8-11/h9-11,13H,5-8H2,1-4H3,(H,14,16). The van der Waals surface area contributed by atoms with Crippen LogP contribution < -0.4 is 10.6 Å². The van der Waals surface area contributed by atoms with E-state index >= 15 is 0 Å². The number of likely N-dealkylation sites (tertiary alicyclic amines) is 1. The molecule has 0 saturated carbocycles. The lowest BCUT2D eigenvalue weighted by Gasteiger charge is -2.13. The Balaban J connectivity index is 2.10. The fourth-order valence-corrected chi connectivity index (χ4v) is 2.13. The number of hydrogen-bond acceptors (Lipinski definition) is 3. The SMILES string of the molecule is CC(C)NC(=O)CCNC1CC(C)N(C)C1. The molecule has 0 aromatic rings. The van der Waals surface area contributed by atoms with E-state index in [1.807, 2.05) is 13.8 Å². The van der Waals surface area contributed by atoms with Crippen molar-refractivity contribution in [2.24, 2.45) is 0 Å². The van der Waals surface area contributed by atoms with Crippen LogP contribution in [-0.4, -0.2) is 49.1 Å². The van der Waals surface area contributed by atoms with E-state index in [0.29, 0.717) is 18.5 Å². The van der Waals surface area contributed by atoms with Crippen LogP contribution in [0, 0.1) is 0 Å². The zero-order chi connectivity index (χ0) is 12.1. The topological polar surface area (TPSA) is 44.4 Å². The third kappa shape index (κ3) is 4.49. The number of carbonyl (C=O) groups excluding carboxylic acids is 1. The monoisotopic (exact) mass is 227 g/mol. The summed E-state index contributed by atoms with van der Waals surface area (Å²) in [6.45, 7) is 8.09. The highest BCUT2D eigenvalue weighted by atomic mass is 16.1. The van der Waals surface area contributed by atoms with Gasteiger partial charge in [0.05, 0.1) is 0 Å². The largest absolute Gasteiger partial charge is 0.354 e. The third-order valence-corrected chi connectivity index (χ3v) is 3.12.